The number of hydrogen-bond acceptors (Lipinski definition) is 2. The fraction of sp³-hybridized carbons (Fsp3) is 0.500. The Hall–Kier alpha value is 0.842. The largest absolute Gasteiger partial charge is 0.358 e. The molecule has 0 spiro atoms. The molecule has 0 atom stereocenters. The molecule has 0 saturated carbocycles. The second kappa shape index (κ2) is 21.1. The molecule has 0 aromatic carbocycles. The van der Waals surface area contributed by atoms with Gasteiger partial charge in [0.05, 0.1) is 7.11 Å². The van der Waals surface area contributed by atoms with E-state index >= 15 is 0 Å². The van der Waals surface area contributed by atoms with E-state index in [4.69, 9.17) is 5.26 Å². The van der Waals surface area contributed by atoms with Gasteiger partial charge in [-0.1, -0.05) is 0 Å². The first-order valence-corrected chi connectivity index (χ1v) is 0.591. The van der Waals surface area contributed by atoms with Crippen LogP contribution in [-0.4, -0.2) is 12.4 Å². The zero-order valence-corrected chi connectivity index (χ0v) is 7.60. The molecule has 2 nitrogen and oxygen atoms in total. The van der Waals surface area contributed by atoms with Crippen LogP contribution in [-0.2, 0) is 32.2 Å². The third kappa shape index (κ3) is 55.2. The first-order valence-electron chi connectivity index (χ1n) is 0.591. The zero-order chi connectivity index (χ0) is 2.71. The van der Waals surface area contributed by atoms with Crippen LogP contribution < -0.4 is 0 Å². The van der Waals surface area contributed by atoms with Crippen LogP contribution in [0.4, 0.5) is 0 Å². The fourth-order valence-electron chi connectivity index (χ4n) is 0. The molecule has 0 amide bonds. The molecule has 0 rings (SSSR count). The van der Waals surface area contributed by atoms with Gasteiger partial charge in [0.1, 0.15) is 0 Å². The Morgan fingerprint density at radius 2 is 1.60 bits per heavy atom. The van der Waals surface area contributed by atoms with Crippen molar-refractivity contribution in [2.75, 3.05) is 7.11 Å². The van der Waals surface area contributed by atoms with Crippen molar-refractivity contribution < 1.29 is 37.4 Å². The van der Waals surface area contributed by atoms with Gasteiger partial charge in [0.2, 0.25) is 0 Å². The van der Waals surface area contributed by atoms with E-state index in [0.717, 1.165) is 0 Å². The van der Waals surface area contributed by atoms with Gasteiger partial charge in [-0.3, -0.25) is 5.26 Å². The van der Waals surface area contributed by atoms with Crippen LogP contribution in [0, 0.1) is 7.43 Å². The Morgan fingerprint density at radius 3 is 1.60 bits per heavy atom. The van der Waals surface area contributed by atoms with Crippen molar-refractivity contribution in [3.8, 4) is 0 Å². The van der Waals surface area contributed by atoms with E-state index in [2.05, 4.69) is 4.89 Å². The molecule has 0 bridgehead atoms. The molecule has 0 fully saturated rings. The van der Waals surface area contributed by atoms with E-state index in [-0.39, 0.29) is 34.7 Å². The minimum atomic E-state index is 0. The fourth-order valence-corrected chi connectivity index (χ4v) is 0. The first kappa shape index (κ1) is 17.0. The summed E-state index contributed by atoms with van der Waals surface area (Å²) in [6.45, 7) is 0. The Morgan fingerprint density at radius 1 is 1.60 bits per heavy atom. The summed E-state index contributed by atoms with van der Waals surface area (Å²) < 4.78 is 0. The van der Waals surface area contributed by atoms with Gasteiger partial charge in [-0.2, -0.15) is 0 Å². The van der Waals surface area contributed by atoms with Gasteiger partial charge in [-0.05, 0) is 0 Å². The van der Waals surface area contributed by atoms with Crippen molar-refractivity contribution in [1.29, 1.82) is 0 Å². The van der Waals surface area contributed by atoms with E-state index in [1.54, 1.807) is 0 Å². The Balaban J connectivity index is -0.0000000200. The average molecular weight is 175 g/mol. The van der Waals surface area contributed by atoms with Crippen molar-refractivity contribution in [1.82, 2.24) is 0 Å². The molecule has 30 valence electrons. The van der Waals surface area contributed by atoms with Crippen LogP contribution in [0.1, 0.15) is 0 Å². The molecule has 0 aliphatic rings. The van der Waals surface area contributed by atoms with Gasteiger partial charge in [0.25, 0.3) is 0 Å². The van der Waals surface area contributed by atoms with Crippen LogP contribution in [0.3, 0.4) is 0 Å². The van der Waals surface area contributed by atoms with Crippen LogP contribution >= 0.6 is 0 Å². The van der Waals surface area contributed by atoms with E-state index in [1.807, 2.05) is 0 Å². The van der Waals surface area contributed by atoms with Crippen molar-refractivity contribution in [2.24, 2.45) is 0 Å². The topological polar surface area (TPSA) is 29.5 Å². The molecule has 5 heavy (non-hydrogen) atoms. The van der Waals surface area contributed by atoms with Crippen molar-refractivity contribution in [2.45, 2.75) is 0 Å². The summed E-state index contributed by atoms with van der Waals surface area (Å²) in [5.41, 5.74) is 0. The van der Waals surface area contributed by atoms with E-state index in [0.29, 0.717) is 0 Å². The van der Waals surface area contributed by atoms with E-state index in [1.165, 1.54) is 7.11 Å². The van der Waals surface area contributed by atoms with Crippen molar-refractivity contribution >= 4 is 0 Å². The van der Waals surface area contributed by atoms with Crippen molar-refractivity contribution in [3.63, 3.8) is 0 Å². The van der Waals surface area contributed by atoms with Crippen LogP contribution in [0.5, 0.6) is 0 Å². The molecule has 0 aromatic rings. The van der Waals surface area contributed by atoms with Gasteiger partial charge in [0.15, 0.2) is 0 Å². The maximum absolute atomic E-state index is 7.07. The first-order chi connectivity index (χ1) is 1.41. The molecular weight excluding hydrogens is 168 g/mol. The summed E-state index contributed by atoms with van der Waals surface area (Å²) in [6.07, 6.45) is 0. The second-order valence-electron chi connectivity index (χ2n) is 0.183. The predicted octanol–water partition coefficient (Wildman–Crippen LogP) is 0.554. The van der Waals surface area contributed by atoms with Gasteiger partial charge in [-0.15, -0.1) is 0 Å². The molecular formula is C2H7CdO2-. The standard InChI is InChI=1S/CH4O2.CH3.Cd/c1-3-2;;/h2H,1H3;1H3;/q;-1;. The summed E-state index contributed by atoms with van der Waals surface area (Å²) >= 11 is 0. The second-order valence-corrected chi connectivity index (χ2v) is 0.183. The minimum absolute atomic E-state index is 0. The Bertz CT molecular complexity index is 7.61. The monoisotopic (exact) mass is 177 g/mol. The van der Waals surface area contributed by atoms with E-state index < -0.39 is 0 Å². The SMILES string of the molecule is COO.[CH3-].[Cd]. The molecule has 0 unspecified atom stereocenters. The van der Waals surface area contributed by atoms with Gasteiger partial charge in [0, 0.05) is 27.3 Å². The van der Waals surface area contributed by atoms with Crippen molar-refractivity contribution in [3.05, 3.63) is 7.43 Å². The summed E-state index contributed by atoms with van der Waals surface area (Å²) in [7, 11) is 1.18. The van der Waals surface area contributed by atoms with Gasteiger partial charge < -0.3 is 7.43 Å². The third-order valence-electron chi connectivity index (χ3n) is 0. The molecule has 0 radical (unpaired) electrons. The smallest absolute Gasteiger partial charge is 0.0710 e. The average Bonchev–Trinajstić information content (AvgIpc) is 0.918. The number of rotatable bonds is 0. The van der Waals surface area contributed by atoms with Crippen LogP contribution in [0.2, 0.25) is 0 Å². The van der Waals surface area contributed by atoms with Crippen LogP contribution in [0.25, 0.3) is 0 Å². The minimum Gasteiger partial charge on any atom is -0.358 e. The molecule has 1 N–H and O–H groups in total. The molecule has 3 heteroatoms. The summed E-state index contributed by atoms with van der Waals surface area (Å²) in [5, 5.41) is 7.07. The third-order valence-corrected chi connectivity index (χ3v) is 0. The summed E-state index contributed by atoms with van der Waals surface area (Å²) in [6, 6.07) is 0. The maximum atomic E-state index is 7.07. The van der Waals surface area contributed by atoms with Gasteiger partial charge in [-0.25, -0.2) is 4.89 Å². The molecule has 0 aromatic heterocycles. The quantitative estimate of drug-likeness (QED) is 0.252. The van der Waals surface area contributed by atoms with Crippen LogP contribution in [0.15, 0.2) is 0 Å². The predicted molar refractivity (Wildman–Crippen MR) is 16.1 cm³/mol. The Kier molecular flexibility index (Phi) is 71.4. The maximum Gasteiger partial charge on any atom is 0.0710 e. The zero-order valence-electron chi connectivity index (χ0n) is 3.56. The molecule has 0 aliphatic carbocycles. The summed E-state index contributed by atoms with van der Waals surface area (Å²) in [5.74, 6) is 0. The number of hydrogen-bond donors (Lipinski definition) is 1. The van der Waals surface area contributed by atoms with E-state index in [9.17, 15) is 0 Å². The Labute approximate surface area is 52.2 Å². The molecule has 0 heterocycles. The molecule has 0 aliphatic heterocycles. The normalized spacial score (nSPS) is 3.60. The summed E-state index contributed by atoms with van der Waals surface area (Å²) in [4.78, 5) is 3.25. The molecule has 0 saturated heterocycles. The van der Waals surface area contributed by atoms with Gasteiger partial charge >= 0.3 is 0 Å².